The molecule has 0 aliphatic heterocycles. The number of nitrogens with zero attached hydrogens (tertiary/aromatic N) is 2. The summed E-state index contributed by atoms with van der Waals surface area (Å²) >= 11 is 3.44. The number of pyridine rings is 1. The zero-order valence-electron chi connectivity index (χ0n) is 14.1. The minimum Gasteiger partial charge on any atom is -0.294 e. The van der Waals surface area contributed by atoms with Gasteiger partial charge >= 0.3 is 0 Å². The molecule has 1 atom stereocenters. The predicted molar refractivity (Wildman–Crippen MR) is 95.9 cm³/mol. The van der Waals surface area contributed by atoms with E-state index in [4.69, 9.17) is 0 Å². The van der Waals surface area contributed by atoms with Crippen molar-refractivity contribution in [2.75, 3.05) is 0 Å². The van der Waals surface area contributed by atoms with Gasteiger partial charge < -0.3 is 0 Å². The molecular weight excluding hydrogens is 366 g/mol. The Labute approximate surface area is 149 Å². The highest BCUT2D eigenvalue weighted by Crippen LogP contribution is 2.48. The van der Waals surface area contributed by atoms with Crippen molar-refractivity contribution in [3.8, 4) is 0 Å². The quantitative estimate of drug-likeness (QED) is 0.797. The minimum atomic E-state index is -0.0980. The van der Waals surface area contributed by atoms with Crippen molar-refractivity contribution < 1.29 is 4.79 Å². The Morgan fingerprint density at radius 1 is 1.29 bits per heavy atom. The molecule has 0 saturated heterocycles. The first-order valence-corrected chi connectivity index (χ1v) is 9.05. The van der Waals surface area contributed by atoms with Gasteiger partial charge in [0.2, 0.25) is 0 Å². The van der Waals surface area contributed by atoms with E-state index >= 15 is 0 Å². The Balaban J connectivity index is 1.93. The van der Waals surface area contributed by atoms with E-state index in [-0.39, 0.29) is 17.1 Å². The molecule has 0 aromatic carbocycles. The molecule has 4 nitrogen and oxygen atoms in total. The first kappa shape index (κ1) is 15.8. The maximum atomic E-state index is 13.0. The lowest BCUT2D eigenvalue weighted by atomic mass is 9.65. The number of aromatic amines is 1. The molecule has 24 heavy (non-hydrogen) atoms. The average molecular weight is 386 g/mol. The first-order chi connectivity index (χ1) is 11.4. The van der Waals surface area contributed by atoms with Gasteiger partial charge in [-0.05, 0) is 46.8 Å². The number of Topliss-reactive ketones (excluding diaryl/α,β-unsaturated/α-hetero) is 1. The van der Waals surface area contributed by atoms with Crippen LogP contribution in [0.1, 0.15) is 55.3 Å². The van der Waals surface area contributed by atoms with Crippen LogP contribution in [0, 0.1) is 12.3 Å². The number of aromatic nitrogens is 3. The molecule has 0 bridgehead atoms. The van der Waals surface area contributed by atoms with Gasteiger partial charge in [-0.15, -0.1) is 0 Å². The van der Waals surface area contributed by atoms with Crippen LogP contribution >= 0.6 is 15.9 Å². The smallest absolute Gasteiger partial charge is 0.160 e. The average Bonchev–Trinajstić information content (AvgIpc) is 2.86. The SMILES string of the molecule is Cc1[nH]nc2c1C(c1ccc(Br)cn1)C1=C(C2)CC(C)(C)CC1=O. The molecule has 0 fully saturated rings. The summed E-state index contributed by atoms with van der Waals surface area (Å²) in [5, 5.41) is 7.62. The van der Waals surface area contributed by atoms with Crippen molar-refractivity contribution in [3.63, 3.8) is 0 Å². The molecule has 0 amide bonds. The molecule has 2 aliphatic rings. The summed E-state index contributed by atoms with van der Waals surface area (Å²) in [6.45, 7) is 6.38. The van der Waals surface area contributed by atoms with Gasteiger partial charge in [-0.25, -0.2) is 0 Å². The van der Waals surface area contributed by atoms with Gasteiger partial charge in [-0.3, -0.25) is 14.9 Å². The summed E-state index contributed by atoms with van der Waals surface area (Å²) in [6.07, 6.45) is 4.13. The minimum absolute atomic E-state index is 0.0243. The van der Waals surface area contributed by atoms with Crippen LogP contribution < -0.4 is 0 Å². The molecule has 4 rings (SSSR count). The third-order valence-corrected chi connectivity index (χ3v) is 5.56. The fraction of sp³-hybridized carbons (Fsp3) is 0.421. The second-order valence-electron chi connectivity index (χ2n) is 7.68. The number of hydrogen-bond donors (Lipinski definition) is 1. The standard InChI is InChI=1S/C19H20BrN3O/c1-10-16-14(23-22-10)6-11-7-19(2,3)8-15(24)17(11)18(16)13-5-4-12(20)9-21-13/h4-5,9,18H,6-8H2,1-3H3,(H,22,23). The molecule has 0 radical (unpaired) electrons. The van der Waals surface area contributed by atoms with Gasteiger partial charge in [0, 0.05) is 40.3 Å². The van der Waals surface area contributed by atoms with E-state index in [0.717, 1.165) is 45.5 Å². The van der Waals surface area contributed by atoms with Crippen molar-refractivity contribution >= 4 is 21.7 Å². The highest BCUT2D eigenvalue weighted by atomic mass is 79.9. The monoisotopic (exact) mass is 385 g/mol. The maximum Gasteiger partial charge on any atom is 0.160 e. The van der Waals surface area contributed by atoms with Crippen LogP contribution in [0.15, 0.2) is 33.9 Å². The fourth-order valence-corrected chi connectivity index (χ4v) is 4.43. The van der Waals surface area contributed by atoms with E-state index in [2.05, 4.69) is 45.0 Å². The highest BCUT2D eigenvalue weighted by molar-refractivity contribution is 9.10. The highest BCUT2D eigenvalue weighted by Gasteiger charge is 2.42. The number of hydrogen-bond acceptors (Lipinski definition) is 3. The molecule has 0 spiro atoms. The van der Waals surface area contributed by atoms with Gasteiger partial charge in [0.1, 0.15) is 0 Å². The maximum absolute atomic E-state index is 13.0. The molecule has 1 N–H and O–H groups in total. The number of carbonyl (C=O) groups is 1. The molecule has 1 unspecified atom stereocenters. The van der Waals surface area contributed by atoms with Gasteiger partial charge in [0.25, 0.3) is 0 Å². The van der Waals surface area contributed by atoms with Crippen molar-refractivity contribution in [1.82, 2.24) is 15.2 Å². The van der Waals surface area contributed by atoms with E-state index in [1.54, 1.807) is 6.20 Å². The van der Waals surface area contributed by atoms with E-state index in [1.165, 1.54) is 5.57 Å². The number of allylic oxidation sites excluding steroid dienone is 2. The van der Waals surface area contributed by atoms with Crippen molar-refractivity contribution in [1.29, 1.82) is 0 Å². The number of aryl methyl sites for hydroxylation is 1. The van der Waals surface area contributed by atoms with Gasteiger partial charge in [-0.1, -0.05) is 19.4 Å². The third-order valence-electron chi connectivity index (χ3n) is 5.09. The lowest BCUT2D eigenvalue weighted by molar-refractivity contribution is -0.118. The molecule has 5 heteroatoms. The van der Waals surface area contributed by atoms with E-state index in [1.807, 2.05) is 19.1 Å². The van der Waals surface area contributed by atoms with Crippen LogP contribution in [0.4, 0.5) is 0 Å². The van der Waals surface area contributed by atoms with E-state index in [9.17, 15) is 4.79 Å². The largest absolute Gasteiger partial charge is 0.294 e. The Morgan fingerprint density at radius 3 is 2.79 bits per heavy atom. The number of rotatable bonds is 1. The summed E-state index contributed by atoms with van der Waals surface area (Å²) < 4.78 is 0.941. The van der Waals surface area contributed by atoms with Crippen molar-refractivity contribution in [3.05, 3.63) is 56.6 Å². The van der Waals surface area contributed by atoms with Gasteiger partial charge in [0.05, 0.1) is 17.3 Å². The van der Waals surface area contributed by atoms with Crippen molar-refractivity contribution in [2.24, 2.45) is 5.41 Å². The van der Waals surface area contributed by atoms with Crippen LogP contribution in [0.5, 0.6) is 0 Å². The van der Waals surface area contributed by atoms with Crippen molar-refractivity contribution in [2.45, 2.75) is 46.0 Å². The van der Waals surface area contributed by atoms with Crippen LogP contribution in [-0.4, -0.2) is 21.0 Å². The zero-order valence-corrected chi connectivity index (χ0v) is 15.7. The Morgan fingerprint density at radius 2 is 2.08 bits per heavy atom. The number of ketones is 1. The van der Waals surface area contributed by atoms with Gasteiger partial charge in [0.15, 0.2) is 5.78 Å². The lowest BCUT2D eigenvalue weighted by Gasteiger charge is -2.37. The third kappa shape index (κ3) is 2.46. The first-order valence-electron chi connectivity index (χ1n) is 8.26. The van der Waals surface area contributed by atoms with Gasteiger partial charge in [-0.2, -0.15) is 5.10 Å². The zero-order chi connectivity index (χ0) is 17.1. The van der Waals surface area contributed by atoms with Crippen LogP contribution in [0.25, 0.3) is 0 Å². The van der Waals surface area contributed by atoms with Crippen LogP contribution in [0.3, 0.4) is 0 Å². The number of nitrogens with one attached hydrogen (secondary N) is 1. The number of H-pyrrole nitrogens is 1. The predicted octanol–water partition coefficient (Wildman–Crippen LogP) is 4.25. The molecular formula is C19H20BrN3O. The molecule has 0 saturated carbocycles. The Bertz CT molecular complexity index is 861. The summed E-state index contributed by atoms with van der Waals surface area (Å²) in [4.78, 5) is 17.6. The molecule has 2 aliphatic carbocycles. The second kappa shape index (κ2) is 5.38. The summed E-state index contributed by atoms with van der Waals surface area (Å²) in [5.41, 5.74) is 6.37. The van der Waals surface area contributed by atoms with E-state index < -0.39 is 0 Å². The lowest BCUT2D eigenvalue weighted by Crippen LogP contribution is -2.32. The van der Waals surface area contributed by atoms with Crippen LogP contribution in [0.2, 0.25) is 0 Å². The summed E-state index contributed by atoms with van der Waals surface area (Å²) in [7, 11) is 0. The molecule has 2 aromatic rings. The molecule has 2 heterocycles. The summed E-state index contributed by atoms with van der Waals surface area (Å²) in [6, 6.07) is 4.00. The number of fused-ring (bicyclic) bond motifs is 1. The summed E-state index contributed by atoms with van der Waals surface area (Å²) in [5.74, 6) is 0.168. The fourth-order valence-electron chi connectivity index (χ4n) is 4.19. The Hall–Kier alpha value is -1.75. The number of halogens is 1. The normalized spacial score (nSPS) is 22.3. The number of carbonyl (C=O) groups excluding carboxylic acids is 1. The molecule has 124 valence electrons. The molecule has 2 aromatic heterocycles. The topological polar surface area (TPSA) is 58.6 Å². The Kier molecular flexibility index (Phi) is 3.53. The second-order valence-corrected chi connectivity index (χ2v) is 8.59. The van der Waals surface area contributed by atoms with Crippen LogP contribution in [-0.2, 0) is 11.2 Å². The van der Waals surface area contributed by atoms with E-state index in [0.29, 0.717) is 6.42 Å².